The average Bonchev–Trinajstić information content (AvgIpc) is 2.82. The van der Waals surface area contributed by atoms with E-state index in [-0.39, 0.29) is 20.4 Å². The van der Waals surface area contributed by atoms with Crippen LogP contribution < -0.4 is 14.8 Å². The zero-order valence-corrected chi connectivity index (χ0v) is 21.2. The van der Waals surface area contributed by atoms with Crippen LogP contribution in [0.2, 0.25) is 0 Å². The van der Waals surface area contributed by atoms with Crippen molar-refractivity contribution in [1.29, 1.82) is 0 Å². The Morgan fingerprint density at radius 1 is 0.667 bits per heavy atom. The average molecular weight is 519 g/mol. The molecule has 2 nitrogen and oxygen atoms in total. The zero-order valence-electron chi connectivity index (χ0n) is 18.5. The molecule has 168 valence electrons. The SMILES string of the molecule is COc1cccc(OC)c1-c1ccccc1P.[CH-]1CCCCC1.[CH-]1CCCCC1.[Pd+2]. The smallest absolute Gasteiger partial charge is 0.496 e. The van der Waals surface area contributed by atoms with E-state index in [4.69, 9.17) is 9.47 Å². The van der Waals surface area contributed by atoms with E-state index in [0.29, 0.717) is 0 Å². The Kier molecular flexibility index (Phi) is 15.2. The number of hydrogen-bond acceptors (Lipinski definition) is 2. The van der Waals surface area contributed by atoms with Crippen molar-refractivity contribution in [3.05, 3.63) is 55.3 Å². The molecule has 0 radical (unpaired) electrons. The first kappa shape index (κ1) is 27.2. The summed E-state index contributed by atoms with van der Waals surface area (Å²) in [5.41, 5.74) is 2.09. The van der Waals surface area contributed by atoms with Crippen molar-refractivity contribution in [3.63, 3.8) is 0 Å². The Morgan fingerprint density at radius 3 is 1.47 bits per heavy atom. The van der Waals surface area contributed by atoms with Gasteiger partial charge in [0.1, 0.15) is 11.5 Å². The van der Waals surface area contributed by atoms with Crippen LogP contribution in [0.3, 0.4) is 0 Å². The van der Waals surface area contributed by atoms with Crippen LogP contribution in [-0.2, 0) is 20.4 Å². The first-order chi connectivity index (χ1) is 14.3. The molecule has 1 atom stereocenters. The summed E-state index contributed by atoms with van der Waals surface area (Å²) in [6.45, 7) is 0. The predicted octanol–water partition coefficient (Wildman–Crippen LogP) is 7.18. The summed E-state index contributed by atoms with van der Waals surface area (Å²) >= 11 is 0. The van der Waals surface area contributed by atoms with E-state index in [1.54, 1.807) is 14.2 Å². The molecular formula is C26H37O2PPd. The van der Waals surface area contributed by atoms with Gasteiger partial charge in [-0.25, -0.2) is 0 Å². The number of ether oxygens (including phenoxy) is 2. The molecule has 1 unspecified atom stereocenters. The molecule has 0 heterocycles. The van der Waals surface area contributed by atoms with Crippen molar-refractivity contribution in [2.24, 2.45) is 0 Å². The van der Waals surface area contributed by atoms with Gasteiger partial charge in [0.25, 0.3) is 0 Å². The zero-order chi connectivity index (χ0) is 20.7. The van der Waals surface area contributed by atoms with Gasteiger partial charge in [0.15, 0.2) is 0 Å². The van der Waals surface area contributed by atoms with Gasteiger partial charge in [-0.15, -0.1) is 9.24 Å². The number of benzene rings is 2. The van der Waals surface area contributed by atoms with Crippen LogP contribution >= 0.6 is 9.24 Å². The summed E-state index contributed by atoms with van der Waals surface area (Å²) in [7, 11) is 6.08. The summed E-state index contributed by atoms with van der Waals surface area (Å²) in [6.07, 6.45) is 19.0. The molecule has 0 N–H and O–H groups in total. The van der Waals surface area contributed by atoms with Crippen molar-refractivity contribution in [2.75, 3.05) is 14.2 Å². The van der Waals surface area contributed by atoms with Crippen LogP contribution in [-0.4, -0.2) is 14.2 Å². The van der Waals surface area contributed by atoms with Crippen molar-refractivity contribution < 1.29 is 29.9 Å². The molecule has 4 rings (SSSR count). The predicted molar refractivity (Wildman–Crippen MR) is 129 cm³/mol. The molecule has 0 bridgehead atoms. The van der Waals surface area contributed by atoms with Crippen molar-refractivity contribution >= 4 is 14.5 Å². The van der Waals surface area contributed by atoms with Crippen LogP contribution in [0, 0.1) is 12.8 Å². The third-order valence-electron chi connectivity index (χ3n) is 5.29. The van der Waals surface area contributed by atoms with E-state index in [0.717, 1.165) is 27.9 Å². The minimum absolute atomic E-state index is 0. The van der Waals surface area contributed by atoms with Crippen molar-refractivity contribution in [3.8, 4) is 22.6 Å². The molecule has 2 aliphatic carbocycles. The minimum Gasteiger partial charge on any atom is -0.496 e. The molecule has 0 spiro atoms. The van der Waals surface area contributed by atoms with Crippen molar-refractivity contribution in [1.82, 2.24) is 0 Å². The maximum Gasteiger partial charge on any atom is 2.00 e. The van der Waals surface area contributed by atoms with Gasteiger partial charge in [0.2, 0.25) is 0 Å². The van der Waals surface area contributed by atoms with Crippen LogP contribution in [0.4, 0.5) is 0 Å². The van der Waals surface area contributed by atoms with E-state index < -0.39 is 0 Å². The molecule has 0 amide bonds. The Morgan fingerprint density at radius 2 is 1.13 bits per heavy atom. The fraction of sp³-hybridized carbons (Fsp3) is 0.462. The monoisotopic (exact) mass is 518 g/mol. The fourth-order valence-corrected chi connectivity index (χ4v) is 3.99. The van der Waals surface area contributed by atoms with E-state index in [1.807, 2.05) is 36.4 Å². The first-order valence-electron chi connectivity index (χ1n) is 11.0. The van der Waals surface area contributed by atoms with Gasteiger partial charge in [-0.2, -0.15) is 25.7 Å². The van der Waals surface area contributed by atoms with Gasteiger partial charge in [0, 0.05) is 0 Å². The molecule has 2 aliphatic rings. The Balaban J connectivity index is 0.000000283. The van der Waals surface area contributed by atoms with Crippen LogP contribution in [0.5, 0.6) is 11.5 Å². The van der Waals surface area contributed by atoms with E-state index in [9.17, 15) is 0 Å². The second-order valence-corrected chi connectivity index (χ2v) is 8.10. The third kappa shape index (κ3) is 9.51. The molecule has 2 saturated carbocycles. The van der Waals surface area contributed by atoms with Crippen molar-refractivity contribution in [2.45, 2.75) is 64.2 Å². The van der Waals surface area contributed by atoms with Crippen LogP contribution in [0.15, 0.2) is 42.5 Å². The van der Waals surface area contributed by atoms with Gasteiger partial charge in [-0.3, -0.25) is 0 Å². The standard InChI is InChI=1S/C14H15O2P.2C6H11.Pd/c1-15-11-7-5-8-12(16-2)14(11)10-6-3-4-9-13(10)17;2*1-2-4-6-5-3-1;/h3-9H,17H2,1-2H3;2*1H,2-6H2;/q;2*-1;+2. The molecule has 30 heavy (non-hydrogen) atoms. The maximum absolute atomic E-state index is 5.41. The van der Waals surface area contributed by atoms with Gasteiger partial charge in [-0.05, 0) is 23.0 Å². The van der Waals surface area contributed by atoms with E-state index >= 15 is 0 Å². The van der Waals surface area contributed by atoms with E-state index in [2.05, 4.69) is 28.1 Å². The molecule has 2 aromatic rings. The normalized spacial score (nSPS) is 15.3. The Labute approximate surface area is 200 Å². The van der Waals surface area contributed by atoms with Gasteiger partial charge < -0.3 is 22.3 Å². The molecule has 2 fully saturated rings. The van der Waals surface area contributed by atoms with E-state index in [1.165, 1.54) is 64.2 Å². The Hall–Kier alpha value is -0.868. The number of rotatable bonds is 3. The van der Waals surface area contributed by atoms with Crippen LogP contribution in [0.25, 0.3) is 11.1 Å². The molecule has 0 saturated heterocycles. The maximum atomic E-state index is 5.41. The molecule has 2 aromatic carbocycles. The molecule has 0 aromatic heterocycles. The summed E-state index contributed by atoms with van der Waals surface area (Å²) in [5, 5.41) is 1.12. The largest absolute Gasteiger partial charge is 2.00 e. The topological polar surface area (TPSA) is 18.5 Å². The quantitative estimate of drug-likeness (QED) is 0.243. The first-order valence-corrected chi connectivity index (χ1v) is 11.5. The minimum atomic E-state index is 0. The van der Waals surface area contributed by atoms with Gasteiger partial charge in [0.05, 0.1) is 19.8 Å². The summed E-state index contributed by atoms with van der Waals surface area (Å²) < 4.78 is 10.8. The molecular weight excluding hydrogens is 482 g/mol. The van der Waals surface area contributed by atoms with Gasteiger partial charge in [-0.1, -0.05) is 68.9 Å². The second kappa shape index (κ2) is 16.8. The second-order valence-electron chi connectivity index (χ2n) is 7.48. The summed E-state index contributed by atoms with van der Waals surface area (Å²) in [4.78, 5) is 0. The third-order valence-corrected chi connectivity index (χ3v) is 5.79. The summed E-state index contributed by atoms with van der Waals surface area (Å²) in [6, 6.07) is 13.9. The molecule has 4 heteroatoms. The van der Waals surface area contributed by atoms with Gasteiger partial charge >= 0.3 is 20.4 Å². The Bertz CT molecular complexity index is 640. The van der Waals surface area contributed by atoms with Crippen LogP contribution in [0.1, 0.15) is 64.2 Å². The number of methoxy groups -OCH3 is 2. The molecule has 0 aliphatic heterocycles. The summed E-state index contributed by atoms with van der Waals surface area (Å²) in [5.74, 6) is 1.64. The fourth-order valence-electron chi connectivity index (χ4n) is 3.64. The number of hydrogen-bond donors (Lipinski definition) is 0.